The molecule has 1 N–H and O–H groups in total. The van der Waals surface area contributed by atoms with E-state index in [1.165, 1.54) is 31.4 Å². The number of hydrogen-bond donors (Lipinski definition) is 1. The Morgan fingerprint density at radius 3 is 2.52 bits per heavy atom. The van der Waals surface area contributed by atoms with Crippen LogP contribution in [0.25, 0.3) is 6.08 Å². The van der Waals surface area contributed by atoms with Crippen LogP contribution < -0.4 is 5.32 Å². The largest absolute Gasteiger partial charge is 0.465 e. The fourth-order valence-electron chi connectivity index (χ4n) is 1.79. The number of rotatable bonds is 4. The molecule has 118 valence electrons. The monoisotopic (exact) mass is 333 g/mol. The Hall–Kier alpha value is -2.66. The summed E-state index contributed by atoms with van der Waals surface area (Å²) < 4.78 is 18.1. The molecule has 2 rings (SSSR count). The summed E-state index contributed by atoms with van der Waals surface area (Å²) in [5.74, 6) is -1.50. The molecule has 0 aliphatic rings. The van der Waals surface area contributed by atoms with Crippen LogP contribution in [0.5, 0.6) is 0 Å². The molecule has 6 heteroatoms. The number of benzene rings is 2. The molecule has 0 saturated carbocycles. The molecule has 0 radical (unpaired) electrons. The molecule has 0 aliphatic carbocycles. The number of methoxy groups -OCH3 is 1. The maximum atomic E-state index is 13.5. The van der Waals surface area contributed by atoms with E-state index in [4.69, 9.17) is 11.6 Å². The highest BCUT2D eigenvalue weighted by Crippen LogP contribution is 2.19. The van der Waals surface area contributed by atoms with E-state index in [9.17, 15) is 14.0 Å². The molecule has 0 bridgehead atoms. The average Bonchev–Trinajstić information content (AvgIpc) is 2.56. The molecular weight excluding hydrogens is 321 g/mol. The summed E-state index contributed by atoms with van der Waals surface area (Å²) in [4.78, 5) is 23.1. The van der Waals surface area contributed by atoms with Crippen molar-refractivity contribution in [3.8, 4) is 0 Å². The molecule has 0 saturated heterocycles. The quantitative estimate of drug-likeness (QED) is 0.681. The predicted molar refractivity (Wildman–Crippen MR) is 86.9 cm³/mol. The smallest absolute Gasteiger partial charge is 0.337 e. The Kier molecular flexibility index (Phi) is 5.49. The predicted octanol–water partition coefficient (Wildman–Crippen LogP) is 3.92. The first-order chi connectivity index (χ1) is 11.0. The van der Waals surface area contributed by atoms with E-state index >= 15 is 0 Å². The van der Waals surface area contributed by atoms with Crippen LogP contribution in [0.1, 0.15) is 15.9 Å². The van der Waals surface area contributed by atoms with E-state index in [1.54, 1.807) is 30.3 Å². The van der Waals surface area contributed by atoms with Gasteiger partial charge in [-0.25, -0.2) is 9.18 Å². The van der Waals surface area contributed by atoms with Crippen LogP contribution in [0.4, 0.5) is 10.1 Å². The molecule has 0 spiro atoms. The third-order valence-corrected chi connectivity index (χ3v) is 3.18. The van der Waals surface area contributed by atoms with Crippen LogP contribution in [0.2, 0.25) is 5.02 Å². The number of anilines is 1. The van der Waals surface area contributed by atoms with Gasteiger partial charge >= 0.3 is 5.97 Å². The van der Waals surface area contributed by atoms with Gasteiger partial charge < -0.3 is 10.1 Å². The number of carbonyl (C=O) groups is 2. The number of esters is 1. The van der Waals surface area contributed by atoms with Crippen LogP contribution in [0, 0.1) is 5.82 Å². The van der Waals surface area contributed by atoms with Crippen molar-refractivity contribution in [3.63, 3.8) is 0 Å². The van der Waals surface area contributed by atoms with Crippen molar-refractivity contribution in [1.29, 1.82) is 0 Å². The average molecular weight is 334 g/mol. The lowest BCUT2D eigenvalue weighted by Gasteiger charge is -2.04. The second kappa shape index (κ2) is 7.56. The number of carbonyl (C=O) groups excluding carboxylic acids is 2. The zero-order valence-corrected chi connectivity index (χ0v) is 12.9. The second-order valence-electron chi connectivity index (χ2n) is 4.56. The van der Waals surface area contributed by atoms with E-state index in [1.807, 2.05) is 0 Å². The van der Waals surface area contributed by atoms with Gasteiger partial charge in [0.2, 0.25) is 5.91 Å². The molecule has 2 aromatic carbocycles. The summed E-state index contributed by atoms with van der Waals surface area (Å²) in [5.41, 5.74) is 1.13. The lowest BCUT2D eigenvalue weighted by atomic mass is 10.1. The summed E-state index contributed by atoms with van der Waals surface area (Å²) in [7, 11) is 1.30. The highest BCUT2D eigenvalue weighted by molar-refractivity contribution is 6.31. The first kappa shape index (κ1) is 16.7. The van der Waals surface area contributed by atoms with Crippen LogP contribution >= 0.6 is 11.6 Å². The number of hydrogen-bond acceptors (Lipinski definition) is 3. The van der Waals surface area contributed by atoms with Gasteiger partial charge in [0.15, 0.2) is 0 Å². The summed E-state index contributed by atoms with van der Waals surface area (Å²) >= 11 is 5.75. The number of nitrogens with one attached hydrogen (secondary N) is 1. The normalized spacial score (nSPS) is 10.6. The summed E-state index contributed by atoms with van der Waals surface area (Å²) in [5, 5.41) is 2.72. The summed E-state index contributed by atoms with van der Waals surface area (Å²) in [6.07, 6.45) is 2.80. The van der Waals surface area contributed by atoms with Crippen molar-refractivity contribution in [2.75, 3.05) is 12.4 Å². The number of halogens is 2. The Labute approximate surface area is 137 Å². The molecule has 1 amide bonds. The zero-order valence-electron chi connectivity index (χ0n) is 12.2. The van der Waals surface area contributed by atoms with Crippen molar-refractivity contribution >= 4 is 35.2 Å². The SMILES string of the molecule is COC(=O)c1ccc(/C=C/C(=O)Nc2cc(Cl)ccc2F)cc1. The zero-order chi connectivity index (χ0) is 16.8. The second-order valence-corrected chi connectivity index (χ2v) is 5.00. The molecule has 0 unspecified atom stereocenters. The molecular formula is C17H13ClFNO3. The van der Waals surface area contributed by atoms with Gasteiger partial charge in [0.05, 0.1) is 18.4 Å². The van der Waals surface area contributed by atoms with Gasteiger partial charge in [-0.15, -0.1) is 0 Å². The van der Waals surface area contributed by atoms with Crippen molar-refractivity contribution in [2.24, 2.45) is 0 Å². The first-order valence-corrected chi connectivity index (χ1v) is 7.00. The lowest BCUT2D eigenvalue weighted by molar-refractivity contribution is -0.111. The molecule has 0 heterocycles. The van der Waals surface area contributed by atoms with E-state index in [-0.39, 0.29) is 5.69 Å². The molecule has 0 atom stereocenters. The molecule has 0 fully saturated rings. The minimum Gasteiger partial charge on any atom is -0.465 e. The Bertz CT molecular complexity index is 757. The van der Waals surface area contributed by atoms with E-state index < -0.39 is 17.7 Å². The maximum Gasteiger partial charge on any atom is 0.337 e. The van der Waals surface area contributed by atoms with Gasteiger partial charge in [-0.05, 0) is 42.0 Å². The first-order valence-electron chi connectivity index (χ1n) is 6.62. The topological polar surface area (TPSA) is 55.4 Å². The van der Waals surface area contributed by atoms with Gasteiger partial charge in [-0.1, -0.05) is 23.7 Å². The Morgan fingerprint density at radius 2 is 1.87 bits per heavy atom. The molecule has 2 aromatic rings. The third-order valence-electron chi connectivity index (χ3n) is 2.95. The van der Waals surface area contributed by atoms with E-state index in [2.05, 4.69) is 10.1 Å². The molecule has 0 aromatic heterocycles. The highest BCUT2D eigenvalue weighted by atomic mass is 35.5. The van der Waals surface area contributed by atoms with Crippen LogP contribution in [-0.4, -0.2) is 19.0 Å². The lowest BCUT2D eigenvalue weighted by Crippen LogP contribution is -2.09. The van der Waals surface area contributed by atoms with Crippen LogP contribution in [0.3, 0.4) is 0 Å². The molecule has 23 heavy (non-hydrogen) atoms. The van der Waals surface area contributed by atoms with Crippen molar-refractivity contribution in [3.05, 3.63) is 70.5 Å². The van der Waals surface area contributed by atoms with Gasteiger partial charge in [0, 0.05) is 11.1 Å². The van der Waals surface area contributed by atoms with E-state index in [0.717, 1.165) is 0 Å². The van der Waals surface area contributed by atoms with Crippen molar-refractivity contribution in [2.45, 2.75) is 0 Å². The van der Waals surface area contributed by atoms with Gasteiger partial charge in [-0.3, -0.25) is 4.79 Å². The fraction of sp³-hybridized carbons (Fsp3) is 0.0588. The minimum atomic E-state index is -0.571. The van der Waals surface area contributed by atoms with Gasteiger partial charge in [-0.2, -0.15) is 0 Å². The summed E-state index contributed by atoms with van der Waals surface area (Å²) in [6.45, 7) is 0. The fourth-order valence-corrected chi connectivity index (χ4v) is 1.96. The molecule has 4 nitrogen and oxygen atoms in total. The van der Waals surface area contributed by atoms with Gasteiger partial charge in [0.25, 0.3) is 0 Å². The Balaban J connectivity index is 2.03. The third kappa shape index (κ3) is 4.66. The van der Waals surface area contributed by atoms with Crippen LogP contribution in [0.15, 0.2) is 48.5 Å². The minimum absolute atomic E-state index is 0.00758. The molecule has 0 aliphatic heterocycles. The van der Waals surface area contributed by atoms with E-state index in [0.29, 0.717) is 16.1 Å². The van der Waals surface area contributed by atoms with Gasteiger partial charge in [0.1, 0.15) is 5.82 Å². The van der Waals surface area contributed by atoms with Crippen LogP contribution in [-0.2, 0) is 9.53 Å². The number of amides is 1. The van der Waals surface area contributed by atoms with Crippen molar-refractivity contribution in [1.82, 2.24) is 0 Å². The Morgan fingerprint density at radius 1 is 1.17 bits per heavy atom. The number of ether oxygens (including phenoxy) is 1. The highest BCUT2D eigenvalue weighted by Gasteiger charge is 2.06. The van der Waals surface area contributed by atoms with Crippen molar-refractivity contribution < 1.29 is 18.7 Å². The standard InChI is InChI=1S/C17H13ClFNO3/c1-23-17(22)12-5-2-11(3-6-12)4-9-16(21)20-15-10-13(18)7-8-14(15)19/h2-10H,1H3,(H,20,21)/b9-4+. The maximum absolute atomic E-state index is 13.5. The summed E-state index contributed by atoms with van der Waals surface area (Å²) in [6, 6.07) is 10.4.